The van der Waals surface area contributed by atoms with Crippen molar-refractivity contribution in [3.8, 4) is 5.75 Å². The van der Waals surface area contributed by atoms with E-state index in [0.717, 1.165) is 43.6 Å². The number of carbonyl (C=O) groups excluding carboxylic acids is 1. The SMILES string of the molecule is C[C@@H](Oc1ccc(F)c(F)c1)C(=O)N1CCC[C@H](c2nncn2C2CC2)C1. The molecule has 1 aliphatic carbocycles. The number of amides is 1. The number of hydrogen-bond donors (Lipinski definition) is 0. The molecule has 1 aliphatic heterocycles. The smallest absolute Gasteiger partial charge is 0.263 e. The molecule has 4 rings (SSSR count). The molecule has 2 fully saturated rings. The summed E-state index contributed by atoms with van der Waals surface area (Å²) in [6, 6.07) is 3.76. The molecule has 0 radical (unpaired) electrons. The van der Waals surface area contributed by atoms with Crippen LogP contribution in [0.15, 0.2) is 24.5 Å². The Hall–Kier alpha value is -2.51. The average molecular weight is 376 g/mol. The Morgan fingerprint density at radius 3 is 2.81 bits per heavy atom. The number of nitrogens with zero attached hydrogens (tertiary/aromatic N) is 4. The molecule has 1 saturated heterocycles. The van der Waals surface area contributed by atoms with Crippen molar-refractivity contribution in [2.45, 2.75) is 50.7 Å². The van der Waals surface area contributed by atoms with E-state index in [4.69, 9.17) is 4.74 Å². The first kappa shape index (κ1) is 17.9. The highest BCUT2D eigenvalue weighted by Gasteiger charge is 2.33. The van der Waals surface area contributed by atoms with E-state index in [0.29, 0.717) is 19.1 Å². The van der Waals surface area contributed by atoms with Gasteiger partial charge in [0, 0.05) is 31.1 Å². The lowest BCUT2D eigenvalue weighted by Gasteiger charge is -2.34. The third-order valence-electron chi connectivity index (χ3n) is 5.19. The van der Waals surface area contributed by atoms with Gasteiger partial charge in [-0.25, -0.2) is 8.78 Å². The first-order valence-corrected chi connectivity index (χ1v) is 9.33. The molecular formula is C19H22F2N4O2. The van der Waals surface area contributed by atoms with Crippen molar-refractivity contribution < 1.29 is 18.3 Å². The van der Waals surface area contributed by atoms with Gasteiger partial charge in [-0.15, -0.1) is 10.2 Å². The van der Waals surface area contributed by atoms with Crippen LogP contribution in [0.3, 0.4) is 0 Å². The number of carbonyl (C=O) groups is 1. The summed E-state index contributed by atoms with van der Waals surface area (Å²) in [4.78, 5) is 14.6. The van der Waals surface area contributed by atoms with Gasteiger partial charge in [-0.2, -0.15) is 0 Å². The average Bonchev–Trinajstić information content (AvgIpc) is 3.40. The van der Waals surface area contributed by atoms with Crippen LogP contribution in [-0.2, 0) is 4.79 Å². The highest BCUT2D eigenvalue weighted by molar-refractivity contribution is 5.81. The van der Waals surface area contributed by atoms with Crippen molar-refractivity contribution >= 4 is 5.91 Å². The minimum atomic E-state index is -0.996. The van der Waals surface area contributed by atoms with Gasteiger partial charge in [0.15, 0.2) is 17.7 Å². The number of ether oxygens (including phenoxy) is 1. The van der Waals surface area contributed by atoms with Gasteiger partial charge in [0.05, 0.1) is 0 Å². The van der Waals surface area contributed by atoms with Gasteiger partial charge in [-0.05, 0) is 44.7 Å². The summed E-state index contributed by atoms with van der Waals surface area (Å²) in [5, 5.41) is 8.35. The summed E-state index contributed by atoms with van der Waals surface area (Å²) in [5.41, 5.74) is 0. The number of hydrogen-bond acceptors (Lipinski definition) is 4. The fourth-order valence-electron chi connectivity index (χ4n) is 3.63. The van der Waals surface area contributed by atoms with E-state index >= 15 is 0 Å². The van der Waals surface area contributed by atoms with Gasteiger partial charge in [0.25, 0.3) is 5.91 Å². The van der Waals surface area contributed by atoms with E-state index in [9.17, 15) is 13.6 Å². The third-order valence-corrected chi connectivity index (χ3v) is 5.19. The number of aromatic nitrogens is 3. The predicted molar refractivity (Wildman–Crippen MR) is 93.3 cm³/mol. The summed E-state index contributed by atoms with van der Waals surface area (Å²) in [7, 11) is 0. The van der Waals surface area contributed by atoms with E-state index in [2.05, 4.69) is 14.8 Å². The largest absolute Gasteiger partial charge is 0.481 e. The topological polar surface area (TPSA) is 60.2 Å². The van der Waals surface area contributed by atoms with Crippen molar-refractivity contribution in [1.82, 2.24) is 19.7 Å². The quantitative estimate of drug-likeness (QED) is 0.805. The molecule has 0 unspecified atom stereocenters. The molecule has 1 aromatic heterocycles. The van der Waals surface area contributed by atoms with Crippen molar-refractivity contribution in [3.05, 3.63) is 42.0 Å². The lowest BCUT2D eigenvalue weighted by molar-refractivity contribution is -0.139. The maximum atomic E-state index is 13.3. The number of piperidine rings is 1. The number of halogens is 2. The van der Waals surface area contributed by atoms with Crippen molar-refractivity contribution in [2.75, 3.05) is 13.1 Å². The van der Waals surface area contributed by atoms with Gasteiger partial charge in [-0.1, -0.05) is 0 Å². The molecular weight excluding hydrogens is 354 g/mol. The molecule has 0 bridgehead atoms. The molecule has 1 amide bonds. The van der Waals surface area contributed by atoms with E-state index in [-0.39, 0.29) is 17.6 Å². The standard InChI is InChI=1S/C19H22F2N4O2/c1-12(27-15-6-7-16(20)17(21)9-15)19(26)24-8-2-3-13(10-24)18-23-22-11-25(18)14-4-5-14/h6-7,9,11-14H,2-5,8,10H2,1H3/t12-,13+/m1/s1. The summed E-state index contributed by atoms with van der Waals surface area (Å²) in [6.45, 7) is 2.84. The molecule has 27 heavy (non-hydrogen) atoms. The first-order valence-electron chi connectivity index (χ1n) is 9.33. The van der Waals surface area contributed by atoms with Crippen LogP contribution in [-0.4, -0.2) is 44.8 Å². The summed E-state index contributed by atoms with van der Waals surface area (Å²) >= 11 is 0. The van der Waals surface area contributed by atoms with Crippen LogP contribution in [0.5, 0.6) is 5.75 Å². The van der Waals surface area contributed by atoms with E-state index < -0.39 is 17.7 Å². The Morgan fingerprint density at radius 2 is 2.07 bits per heavy atom. The first-order chi connectivity index (χ1) is 13.0. The van der Waals surface area contributed by atoms with E-state index in [1.807, 2.05) is 0 Å². The van der Waals surface area contributed by atoms with Gasteiger partial charge >= 0.3 is 0 Å². The Morgan fingerprint density at radius 1 is 1.26 bits per heavy atom. The molecule has 0 N–H and O–H groups in total. The maximum Gasteiger partial charge on any atom is 0.263 e. The van der Waals surface area contributed by atoms with Gasteiger partial charge in [0.1, 0.15) is 17.9 Å². The fraction of sp³-hybridized carbons (Fsp3) is 0.526. The minimum absolute atomic E-state index is 0.136. The fourth-order valence-corrected chi connectivity index (χ4v) is 3.63. The number of rotatable bonds is 5. The zero-order valence-corrected chi connectivity index (χ0v) is 15.1. The van der Waals surface area contributed by atoms with E-state index in [1.165, 1.54) is 6.07 Å². The van der Waals surface area contributed by atoms with Crippen molar-refractivity contribution in [3.63, 3.8) is 0 Å². The Balaban J connectivity index is 1.41. The van der Waals surface area contributed by atoms with Crippen molar-refractivity contribution in [1.29, 1.82) is 0 Å². The third kappa shape index (κ3) is 3.79. The molecule has 8 heteroatoms. The van der Waals surface area contributed by atoms with Crippen molar-refractivity contribution in [2.24, 2.45) is 0 Å². The zero-order valence-electron chi connectivity index (χ0n) is 15.1. The molecule has 1 saturated carbocycles. The number of benzene rings is 1. The second-order valence-electron chi connectivity index (χ2n) is 7.29. The van der Waals surface area contributed by atoms with Crippen LogP contribution in [0.1, 0.15) is 50.4 Å². The van der Waals surface area contributed by atoms with Crippen LogP contribution in [0.2, 0.25) is 0 Å². The van der Waals surface area contributed by atoms with Crippen LogP contribution < -0.4 is 4.74 Å². The second-order valence-corrected chi connectivity index (χ2v) is 7.29. The Kier molecular flexibility index (Phi) is 4.80. The second kappa shape index (κ2) is 7.25. The lowest BCUT2D eigenvalue weighted by atomic mass is 9.96. The molecule has 144 valence electrons. The Labute approximate surface area is 156 Å². The minimum Gasteiger partial charge on any atom is -0.481 e. The summed E-state index contributed by atoms with van der Waals surface area (Å²) < 4.78 is 34.0. The van der Waals surface area contributed by atoms with Crippen LogP contribution in [0.25, 0.3) is 0 Å². The summed E-state index contributed by atoms with van der Waals surface area (Å²) in [5.74, 6) is -0.867. The van der Waals surface area contributed by atoms with Crippen LogP contribution in [0, 0.1) is 11.6 Å². The van der Waals surface area contributed by atoms with Crippen LogP contribution in [0.4, 0.5) is 8.78 Å². The van der Waals surface area contributed by atoms with Crippen LogP contribution >= 0.6 is 0 Å². The highest BCUT2D eigenvalue weighted by Crippen LogP contribution is 2.38. The highest BCUT2D eigenvalue weighted by atomic mass is 19.2. The molecule has 2 aromatic rings. The predicted octanol–water partition coefficient (Wildman–Crippen LogP) is 3.06. The molecule has 2 heterocycles. The van der Waals surface area contributed by atoms with Gasteiger partial charge < -0.3 is 14.2 Å². The lowest BCUT2D eigenvalue weighted by Crippen LogP contribution is -2.45. The number of likely N-dealkylation sites (tertiary alicyclic amines) is 1. The normalized spacial score (nSPS) is 21.1. The van der Waals surface area contributed by atoms with Gasteiger partial charge in [0.2, 0.25) is 0 Å². The molecule has 2 atom stereocenters. The molecule has 6 nitrogen and oxygen atoms in total. The molecule has 0 spiro atoms. The monoisotopic (exact) mass is 376 g/mol. The zero-order chi connectivity index (χ0) is 19.0. The van der Waals surface area contributed by atoms with E-state index in [1.54, 1.807) is 18.2 Å². The summed E-state index contributed by atoms with van der Waals surface area (Å²) in [6.07, 6.45) is 5.15. The molecule has 1 aromatic carbocycles. The maximum absolute atomic E-state index is 13.3. The van der Waals surface area contributed by atoms with Gasteiger partial charge in [-0.3, -0.25) is 4.79 Å². The molecule has 2 aliphatic rings. The Bertz CT molecular complexity index is 837.